The fourth-order valence-corrected chi connectivity index (χ4v) is 1.44. The Morgan fingerprint density at radius 2 is 1.81 bits per heavy atom. The molecule has 0 aliphatic rings. The van der Waals surface area contributed by atoms with Crippen LogP contribution in [0.5, 0.6) is 0 Å². The lowest BCUT2D eigenvalue weighted by Crippen LogP contribution is -2.03. The lowest BCUT2D eigenvalue weighted by atomic mass is 9.89. The third-order valence-electron chi connectivity index (χ3n) is 2.42. The van der Waals surface area contributed by atoms with E-state index >= 15 is 0 Å². The van der Waals surface area contributed by atoms with Gasteiger partial charge < -0.3 is 0 Å². The third kappa shape index (κ3) is 15.7. The van der Waals surface area contributed by atoms with Gasteiger partial charge in [0, 0.05) is 0 Å². The highest BCUT2D eigenvalue weighted by molar-refractivity contribution is 14.3. The molecule has 3 heteroatoms. The molecule has 2 atom stereocenters. The van der Waals surface area contributed by atoms with Crippen molar-refractivity contribution >= 4 is 50.3 Å². The molecular weight excluding hydrogens is 434 g/mol. The SMILES string of the molecule is [CH2]C(C)CCC(CCC=C)C(=C)C.[I][Mg][I]. The summed E-state index contributed by atoms with van der Waals surface area (Å²) < 4.78 is 0. The zero-order valence-electron chi connectivity index (χ0n) is 10.6. The first-order chi connectivity index (χ1) is 7.49. The molecule has 2 unspecified atom stereocenters. The van der Waals surface area contributed by atoms with Gasteiger partial charge in [-0.2, -0.15) is 0 Å². The molecule has 0 aliphatic carbocycles. The predicted octanol–water partition coefficient (Wildman–Crippen LogP) is 5.79. The van der Waals surface area contributed by atoms with E-state index in [0.29, 0.717) is 24.4 Å². The van der Waals surface area contributed by atoms with E-state index in [9.17, 15) is 0 Å². The van der Waals surface area contributed by atoms with Gasteiger partial charge in [-0.15, -0.1) is 6.58 Å². The van der Waals surface area contributed by atoms with E-state index < -0.39 is 0 Å². The van der Waals surface area contributed by atoms with Crippen LogP contribution in [-0.4, -0.2) is 12.6 Å². The van der Waals surface area contributed by atoms with Crippen LogP contribution < -0.4 is 0 Å². The largest absolute Gasteiger partial charge is 0.552 e. The fourth-order valence-electron chi connectivity index (χ4n) is 1.44. The van der Waals surface area contributed by atoms with Crippen molar-refractivity contribution in [2.45, 2.75) is 39.5 Å². The van der Waals surface area contributed by atoms with E-state index in [-0.39, 0.29) is 0 Å². The minimum Gasteiger partial charge on any atom is -0.276 e. The quantitative estimate of drug-likeness (QED) is 0.258. The smallest absolute Gasteiger partial charge is 0.276 e. The van der Waals surface area contributed by atoms with Crippen molar-refractivity contribution in [3.8, 4) is 0 Å². The molecule has 0 nitrogen and oxygen atoms in total. The van der Waals surface area contributed by atoms with Crippen LogP contribution in [0.25, 0.3) is 0 Å². The van der Waals surface area contributed by atoms with Crippen LogP contribution in [0, 0.1) is 18.8 Å². The van der Waals surface area contributed by atoms with Gasteiger partial charge in [0.1, 0.15) is 0 Å². The molecule has 0 fully saturated rings. The number of rotatable bonds is 7. The summed E-state index contributed by atoms with van der Waals surface area (Å²) in [6, 6.07) is 0. The molecule has 0 heterocycles. The molecule has 0 aromatic carbocycles. The van der Waals surface area contributed by atoms with Crippen molar-refractivity contribution in [3.05, 3.63) is 31.7 Å². The van der Waals surface area contributed by atoms with E-state index in [0.717, 1.165) is 6.42 Å². The Kier molecular flexibility index (Phi) is 18.5. The minimum absolute atomic E-state index is 0.357. The van der Waals surface area contributed by atoms with Crippen LogP contribution in [0.4, 0.5) is 0 Å². The lowest BCUT2D eigenvalue weighted by molar-refractivity contribution is 0.466. The van der Waals surface area contributed by atoms with E-state index in [4.69, 9.17) is 0 Å². The minimum atomic E-state index is 0.357. The van der Waals surface area contributed by atoms with Crippen LogP contribution in [-0.2, 0) is 0 Å². The number of hydrogen-bond donors (Lipinski definition) is 0. The Hall–Kier alpha value is 1.71. The summed E-state index contributed by atoms with van der Waals surface area (Å²) in [7, 11) is 0. The van der Waals surface area contributed by atoms with Gasteiger partial charge >= 0.3 is 12.6 Å². The summed E-state index contributed by atoms with van der Waals surface area (Å²) in [4.78, 5) is 0. The maximum Gasteiger partial charge on any atom is 0.552 e. The van der Waals surface area contributed by atoms with E-state index in [1.54, 1.807) is 0 Å². The fraction of sp³-hybridized carbons (Fsp3) is 0.615. The second kappa shape index (κ2) is 14.8. The van der Waals surface area contributed by atoms with Crippen molar-refractivity contribution in [3.63, 3.8) is 0 Å². The molecule has 0 aromatic rings. The molecule has 0 rings (SSSR count). The van der Waals surface area contributed by atoms with Gasteiger partial charge in [0.2, 0.25) is 0 Å². The zero-order chi connectivity index (χ0) is 13.0. The van der Waals surface area contributed by atoms with Crippen molar-refractivity contribution in [2.24, 2.45) is 11.8 Å². The Morgan fingerprint density at radius 1 is 1.31 bits per heavy atom. The first-order valence-corrected chi connectivity index (χ1v) is 15.9. The first-order valence-electron chi connectivity index (χ1n) is 5.70. The normalized spacial score (nSPS) is 11.1. The second-order valence-electron chi connectivity index (χ2n) is 4.19. The maximum atomic E-state index is 4.03. The molecule has 91 valence electrons. The molecule has 0 bridgehead atoms. The molecule has 0 amide bonds. The van der Waals surface area contributed by atoms with Crippen LogP contribution >= 0.6 is 37.7 Å². The van der Waals surface area contributed by atoms with Gasteiger partial charge in [-0.3, -0.25) is 37.7 Å². The molecule has 16 heavy (non-hydrogen) atoms. The Morgan fingerprint density at radius 3 is 2.12 bits per heavy atom. The summed E-state index contributed by atoms with van der Waals surface area (Å²) in [5.41, 5.74) is 1.31. The number of hydrogen-bond acceptors (Lipinski definition) is 0. The molecule has 0 saturated carbocycles. The van der Waals surface area contributed by atoms with Gasteiger partial charge in [-0.25, -0.2) is 0 Å². The third-order valence-corrected chi connectivity index (χ3v) is 2.42. The summed E-state index contributed by atoms with van der Waals surface area (Å²) >= 11 is 5.18. The highest BCUT2D eigenvalue weighted by Gasteiger charge is 2.08. The molecule has 0 N–H and O–H groups in total. The molecule has 1 radical (unpaired) electrons. The Bertz CT molecular complexity index is 179. The van der Waals surface area contributed by atoms with E-state index in [1.807, 2.05) is 6.08 Å². The van der Waals surface area contributed by atoms with Crippen molar-refractivity contribution in [1.82, 2.24) is 0 Å². The topological polar surface area (TPSA) is 0 Å². The standard InChI is InChI=1S/C13H23.2HI.Mg/c1-6-7-8-13(12(4)5)10-9-11(2)3;;;/h6,11,13H,1-2,4,7-10H2,3,5H3;2*1H;/q;;;+2/p-2. The first kappa shape index (κ1) is 20.0. The average Bonchev–Trinajstić information content (AvgIpc) is 2.18. The van der Waals surface area contributed by atoms with Gasteiger partial charge in [0.25, 0.3) is 0 Å². The van der Waals surface area contributed by atoms with Crippen LogP contribution in [0.1, 0.15) is 39.5 Å². The van der Waals surface area contributed by atoms with E-state index in [1.165, 1.54) is 24.8 Å². The predicted molar refractivity (Wildman–Crippen MR) is 95.3 cm³/mol. The Balaban J connectivity index is 0. The highest BCUT2D eigenvalue weighted by atomic mass is 127. The summed E-state index contributed by atoms with van der Waals surface area (Å²) in [6.07, 6.45) is 6.72. The Labute approximate surface area is 132 Å². The van der Waals surface area contributed by atoms with Gasteiger partial charge in [-0.05, 0) is 38.0 Å². The summed E-state index contributed by atoms with van der Waals surface area (Å²) in [5, 5.41) is 0. The molecule has 0 spiro atoms. The monoisotopic (exact) mass is 457 g/mol. The van der Waals surface area contributed by atoms with Crippen molar-refractivity contribution < 1.29 is 0 Å². The average molecular weight is 457 g/mol. The number of allylic oxidation sites excluding steroid dienone is 2. The second-order valence-corrected chi connectivity index (χ2v) is 17.7. The summed E-state index contributed by atoms with van der Waals surface area (Å²) in [6.45, 7) is 16.1. The molecule has 0 aliphatic heterocycles. The van der Waals surface area contributed by atoms with E-state index in [2.05, 4.69) is 71.6 Å². The maximum absolute atomic E-state index is 4.03. The van der Waals surface area contributed by atoms with Gasteiger partial charge in [-0.1, -0.05) is 38.5 Å². The number of halogens is 2. The van der Waals surface area contributed by atoms with Crippen molar-refractivity contribution in [1.29, 1.82) is 0 Å². The molecule has 0 aromatic heterocycles. The van der Waals surface area contributed by atoms with Gasteiger partial charge in [0.05, 0.1) is 0 Å². The van der Waals surface area contributed by atoms with Crippen LogP contribution in [0.15, 0.2) is 24.8 Å². The molecular formula is C13H23I2Mg. The summed E-state index contributed by atoms with van der Waals surface area (Å²) in [5.74, 6) is 1.23. The molecule has 0 saturated heterocycles. The lowest BCUT2D eigenvalue weighted by Gasteiger charge is -2.17. The van der Waals surface area contributed by atoms with Crippen LogP contribution in [0.2, 0.25) is 0 Å². The highest BCUT2D eigenvalue weighted by Crippen LogP contribution is 2.23. The van der Waals surface area contributed by atoms with Gasteiger partial charge in [0.15, 0.2) is 0 Å². The zero-order valence-corrected chi connectivity index (χ0v) is 16.4. The van der Waals surface area contributed by atoms with Crippen molar-refractivity contribution in [2.75, 3.05) is 0 Å². The van der Waals surface area contributed by atoms with Crippen LogP contribution in [0.3, 0.4) is 0 Å².